The van der Waals surface area contributed by atoms with Gasteiger partial charge in [0.1, 0.15) is 5.75 Å². The molecule has 19 heavy (non-hydrogen) atoms. The number of halogens is 2. The van der Waals surface area contributed by atoms with Gasteiger partial charge in [0.25, 0.3) is 0 Å². The molecular formula is C15H15BrFNO. The Hall–Kier alpha value is -1.39. The quantitative estimate of drug-likeness (QED) is 0.899. The fraction of sp³-hybridized carbons (Fsp3) is 0.200. The van der Waals surface area contributed by atoms with Crippen molar-refractivity contribution in [3.63, 3.8) is 0 Å². The summed E-state index contributed by atoms with van der Waals surface area (Å²) in [6.07, 6.45) is 0. The van der Waals surface area contributed by atoms with E-state index in [2.05, 4.69) is 21.2 Å². The van der Waals surface area contributed by atoms with Gasteiger partial charge in [-0.15, -0.1) is 0 Å². The van der Waals surface area contributed by atoms with E-state index in [4.69, 9.17) is 4.74 Å². The Bertz CT molecular complexity index is 586. The predicted octanol–water partition coefficient (Wildman–Crippen LogP) is 4.41. The Kier molecular flexibility index (Phi) is 4.56. The molecule has 0 aliphatic rings. The first kappa shape index (κ1) is 14.0. The second-order valence-electron chi connectivity index (χ2n) is 4.31. The first-order chi connectivity index (χ1) is 9.10. The number of aryl methyl sites for hydroxylation is 1. The summed E-state index contributed by atoms with van der Waals surface area (Å²) in [6.45, 7) is 2.75. The van der Waals surface area contributed by atoms with Crippen LogP contribution in [0.25, 0.3) is 0 Å². The fourth-order valence-electron chi connectivity index (χ4n) is 1.81. The van der Waals surface area contributed by atoms with Crippen molar-refractivity contribution in [2.24, 2.45) is 0 Å². The lowest BCUT2D eigenvalue weighted by molar-refractivity contribution is 0.439. The van der Waals surface area contributed by atoms with Crippen LogP contribution in [0.4, 0.5) is 4.39 Å². The van der Waals surface area contributed by atoms with Crippen molar-refractivity contribution >= 4 is 15.9 Å². The number of hydrogen-bond donors (Lipinski definition) is 1. The largest absolute Gasteiger partial charge is 0.454 e. The van der Waals surface area contributed by atoms with E-state index in [0.29, 0.717) is 5.75 Å². The minimum absolute atomic E-state index is 0.221. The molecule has 0 atom stereocenters. The molecule has 0 saturated carbocycles. The van der Waals surface area contributed by atoms with E-state index in [1.807, 2.05) is 32.2 Å². The van der Waals surface area contributed by atoms with E-state index in [9.17, 15) is 4.39 Å². The van der Waals surface area contributed by atoms with Gasteiger partial charge in [0, 0.05) is 11.0 Å². The summed E-state index contributed by atoms with van der Waals surface area (Å²) < 4.78 is 20.0. The molecule has 1 N–H and O–H groups in total. The van der Waals surface area contributed by atoms with Crippen molar-refractivity contribution in [3.05, 3.63) is 57.8 Å². The molecule has 0 unspecified atom stereocenters. The van der Waals surface area contributed by atoms with Crippen molar-refractivity contribution in [2.75, 3.05) is 7.05 Å². The lowest BCUT2D eigenvalue weighted by atomic mass is 10.1. The normalized spacial score (nSPS) is 10.5. The molecular weight excluding hydrogens is 309 g/mol. The Labute approximate surface area is 120 Å². The second kappa shape index (κ2) is 6.17. The van der Waals surface area contributed by atoms with Gasteiger partial charge in [0.05, 0.1) is 0 Å². The van der Waals surface area contributed by atoms with Crippen LogP contribution < -0.4 is 10.1 Å². The summed E-state index contributed by atoms with van der Waals surface area (Å²) >= 11 is 3.31. The van der Waals surface area contributed by atoms with Crippen molar-refractivity contribution in [3.8, 4) is 11.5 Å². The van der Waals surface area contributed by atoms with Gasteiger partial charge in [-0.25, -0.2) is 4.39 Å². The van der Waals surface area contributed by atoms with Crippen LogP contribution in [0.15, 0.2) is 40.9 Å². The highest BCUT2D eigenvalue weighted by Gasteiger charge is 2.08. The van der Waals surface area contributed by atoms with Crippen LogP contribution >= 0.6 is 15.9 Å². The van der Waals surface area contributed by atoms with Crippen LogP contribution in [0.5, 0.6) is 11.5 Å². The Morgan fingerprint density at radius 3 is 2.63 bits per heavy atom. The van der Waals surface area contributed by atoms with Gasteiger partial charge >= 0.3 is 0 Å². The third-order valence-electron chi connectivity index (χ3n) is 2.73. The molecule has 0 aliphatic heterocycles. The molecule has 2 aromatic rings. The number of hydrogen-bond acceptors (Lipinski definition) is 2. The number of rotatable bonds is 4. The van der Waals surface area contributed by atoms with Crippen molar-refractivity contribution < 1.29 is 9.13 Å². The van der Waals surface area contributed by atoms with E-state index < -0.39 is 0 Å². The minimum Gasteiger partial charge on any atom is -0.454 e. The first-order valence-electron chi connectivity index (χ1n) is 5.97. The highest BCUT2D eigenvalue weighted by atomic mass is 79.9. The summed E-state index contributed by atoms with van der Waals surface area (Å²) in [7, 11) is 1.90. The monoisotopic (exact) mass is 323 g/mol. The Morgan fingerprint density at radius 2 is 1.95 bits per heavy atom. The maximum atomic E-state index is 13.6. The first-order valence-corrected chi connectivity index (χ1v) is 6.76. The van der Waals surface area contributed by atoms with E-state index in [1.165, 1.54) is 11.6 Å². The molecule has 100 valence electrons. The zero-order valence-electron chi connectivity index (χ0n) is 10.8. The van der Waals surface area contributed by atoms with Crippen molar-refractivity contribution in [2.45, 2.75) is 13.5 Å². The van der Waals surface area contributed by atoms with E-state index in [1.54, 1.807) is 12.1 Å². The van der Waals surface area contributed by atoms with E-state index >= 15 is 0 Å². The topological polar surface area (TPSA) is 21.3 Å². The maximum Gasteiger partial charge on any atom is 0.165 e. The van der Waals surface area contributed by atoms with Gasteiger partial charge in [-0.3, -0.25) is 0 Å². The zero-order valence-corrected chi connectivity index (χ0v) is 12.4. The van der Waals surface area contributed by atoms with Gasteiger partial charge in [0.2, 0.25) is 0 Å². The van der Waals surface area contributed by atoms with E-state index in [-0.39, 0.29) is 11.6 Å². The Morgan fingerprint density at radius 1 is 1.16 bits per heavy atom. The van der Waals surface area contributed by atoms with Crippen LogP contribution in [-0.2, 0) is 6.54 Å². The molecule has 0 heterocycles. The van der Waals surface area contributed by atoms with Gasteiger partial charge in [0.15, 0.2) is 11.6 Å². The summed E-state index contributed by atoms with van der Waals surface area (Å²) in [5.41, 5.74) is 2.15. The van der Waals surface area contributed by atoms with Gasteiger partial charge < -0.3 is 10.1 Å². The van der Waals surface area contributed by atoms with Crippen LogP contribution in [0.2, 0.25) is 0 Å². The molecule has 0 spiro atoms. The maximum absolute atomic E-state index is 13.6. The van der Waals surface area contributed by atoms with Crippen LogP contribution in [0, 0.1) is 12.7 Å². The third kappa shape index (κ3) is 3.55. The third-order valence-corrected chi connectivity index (χ3v) is 3.23. The second-order valence-corrected chi connectivity index (χ2v) is 5.22. The van der Waals surface area contributed by atoms with Crippen LogP contribution in [-0.4, -0.2) is 7.05 Å². The zero-order chi connectivity index (χ0) is 13.8. The molecule has 0 radical (unpaired) electrons. The van der Waals surface area contributed by atoms with Gasteiger partial charge in [-0.2, -0.15) is 0 Å². The molecule has 2 aromatic carbocycles. The highest BCUT2D eigenvalue weighted by molar-refractivity contribution is 9.10. The molecule has 2 rings (SSSR count). The molecule has 0 bridgehead atoms. The fourth-order valence-corrected chi connectivity index (χ4v) is 2.15. The minimum atomic E-state index is -0.373. The lowest BCUT2D eigenvalue weighted by Gasteiger charge is -2.11. The van der Waals surface area contributed by atoms with Crippen LogP contribution in [0.1, 0.15) is 11.1 Å². The SMILES string of the molecule is CNCc1ccc(Oc2cc(Br)ccc2F)c(C)c1. The number of benzene rings is 2. The lowest BCUT2D eigenvalue weighted by Crippen LogP contribution is -2.05. The molecule has 0 saturated heterocycles. The molecule has 0 aliphatic carbocycles. The molecule has 2 nitrogen and oxygen atoms in total. The van der Waals surface area contributed by atoms with Crippen molar-refractivity contribution in [1.82, 2.24) is 5.32 Å². The summed E-state index contributed by atoms with van der Waals surface area (Å²) in [6, 6.07) is 10.5. The predicted molar refractivity (Wildman–Crippen MR) is 78.1 cm³/mol. The summed E-state index contributed by atoms with van der Waals surface area (Å²) in [4.78, 5) is 0. The summed E-state index contributed by atoms with van der Waals surface area (Å²) in [5.74, 6) is 0.512. The average molecular weight is 324 g/mol. The van der Waals surface area contributed by atoms with Crippen molar-refractivity contribution in [1.29, 1.82) is 0 Å². The van der Waals surface area contributed by atoms with Gasteiger partial charge in [-0.05, 0) is 49.4 Å². The highest BCUT2D eigenvalue weighted by Crippen LogP contribution is 2.29. The molecule has 0 fully saturated rings. The molecule has 0 amide bonds. The van der Waals surface area contributed by atoms with E-state index in [0.717, 1.165) is 16.6 Å². The standard InChI is InChI=1S/C15H15BrFNO/c1-10-7-11(9-18-2)3-6-14(10)19-15-8-12(16)4-5-13(15)17/h3-8,18H,9H2,1-2H3. The number of ether oxygens (including phenoxy) is 1. The smallest absolute Gasteiger partial charge is 0.165 e. The molecule has 0 aromatic heterocycles. The van der Waals surface area contributed by atoms with Crippen LogP contribution in [0.3, 0.4) is 0 Å². The summed E-state index contributed by atoms with van der Waals surface area (Å²) in [5, 5.41) is 3.09. The average Bonchev–Trinajstić information content (AvgIpc) is 2.37. The van der Waals surface area contributed by atoms with Gasteiger partial charge in [-0.1, -0.05) is 28.1 Å². The number of nitrogens with one attached hydrogen (secondary N) is 1. The molecule has 4 heteroatoms. The Balaban J connectivity index is 2.25.